The summed E-state index contributed by atoms with van der Waals surface area (Å²) < 4.78 is 25.9. The molecule has 27 heavy (non-hydrogen) atoms. The first kappa shape index (κ1) is 20.4. The summed E-state index contributed by atoms with van der Waals surface area (Å²) in [4.78, 5) is 23.6. The van der Waals surface area contributed by atoms with E-state index < -0.39 is 27.9 Å². The van der Waals surface area contributed by atoms with Crippen molar-refractivity contribution in [1.82, 2.24) is 0 Å². The second-order valence-electron chi connectivity index (χ2n) is 6.40. The molecule has 0 saturated carbocycles. The van der Waals surface area contributed by atoms with Gasteiger partial charge >= 0.3 is 5.97 Å². The highest BCUT2D eigenvalue weighted by molar-refractivity contribution is 7.92. The molecule has 0 aliphatic rings. The maximum absolute atomic E-state index is 12.7. The van der Waals surface area contributed by atoms with Gasteiger partial charge in [0.2, 0.25) is 15.9 Å². The van der Waals surface area contributed by atoms with E-state index in [-0.39, 0.29) is 5.56 Å². The summed E-state index contributed by atoms with van der Waals surface area (Å²) in [6.45, 7) is 5.13. The van der Waals surface area contributed by atoms with Crippen LogP contribution in [-0.4, -0.2) is 37.7 Å². The summed E-state index contributed by atoms with van der Waals surface area (Å²) in [6, 6.07) is 10.0. The predicted octanol–water partition coefficient (Wildman–Crippen LogP) is 2.79. The van der Waals surface area contributed by atoms with Gasteiger partial charge in [-0.2, -0.15) is 0 Å². The number of hydrogen-bond donors (Lipinski definition) is 2. The van der Waals surface area contributed by atoms with Gasteiger partial charge in [-0.1, -0.05) is 12.1 Å². The zero-order chi connectivity index (χ0) is 20.4. The number of hydrogen-bond acceptors (Lipinski definition) is 4. The molecule has 1 amide bonds. The lowest BCUT2D eigenvalue weighted by Crippen LogP contribution is -2.45. The SMILES string of the molecule is Cc1ccc(C)c(N(C(C)C(=O)Nc2ccc(C(=O)O)cc2)S(C)(=O)=O)c1. The molecule has 0 radical (unpaired) electrons. The van der Waals surface area contributed by atoms with Gasteiger partial charge in [0.05, 0.1) is 17.5 Å². The summed E-state index contributed by atoms with van der Waals surface area (Å²) in [6.07, 6.45) is 1.06. The largest absolute Gasteiger partial charge is 0.478 e. The van der Waals surface area contributed by atoms with E-state index in [4.69, 9.17) is 5.11 Å². The van der Waals surface area contributed by atoms with Crippen molar-refractivity contribution in [3.63, 3.8) is 0 Å². The van der Waals surface area contributed by atoms with Crippen LogP contribution in [0, 0.1) is 13.8 Å². The van der Waals surface area contributed by atoms with E-state index >= 15 is 0 Å². The van der Waals surface area contributed by atoms with Gasteiger partial charge in [0.1, 0.15) is 6.04 Å². The van der Waals surface area contributed by atoms with Gasteiger partial charge in [-0.25, -0.2) is 13.2 Å². The maximum atomic E-state index is 12.7. The minimum Gasteiger partial charge on any atom is -0.478 e. The average molecular weight is 390 g/mol. The van der Waals surface area contributed by atoms with E-state index in [1.165, 1.54) is 31.2 Å². The van der Waals surface area contributed by atoms with Crippen LogP contribution in [0.15, 0.2) is 42.5 Å². The Labute approximate surface area is 158 Å². The Morgan fingerprint density at radius 1 is 1.07 bits per heavy atom. The van der Waals surface area contributed by atoms with Crippen molar-refractivity contribution in [2.45, 2.75) is 26.8 Å². The second-order valence-corrected chi connectivity index (χ2v) is 8.26. The number of benzene rings is 2. The Morgan fingerprint density at radius 2 is 1.67 bits per heavy atom. The molecule has 1 atom stereocenters. The second kappa shape index (κ2) is 7.79. The number of amides is 1. The Morgan fingerprint density at radius 3 is 2.19 bits per heavy atom. The monoisotopic (exact) mass is 390 g/mol. The summed E-state index contributed by atoms with van der Waals surface area (Å²) in [5, 5.41) is 11.5. The molecule has 7 nitrogen and oxygen atoms in total. The van der Waals surface area contributed by atoms with E-state index in [0.717, 1.165) is 21.7 Å². The van der Waals surface area contributed by atoms with E-state index in [2.05, 4.69) is 5.32 Å². The molecular formula is C19H22N2O5S. The summed E-state index contributed by atoms with van der Waals surface area (Å²) in [5.41, 5.74) is 2.53. The van der Waals surface area contributed by atoms with Crippen LogP contribution in [0.3, 0.4) is 0 Å². The highest BCUT2D eigenvalue weighted by Gasteiger charge is 2.30. The third-order valence-electron chi connectivity index (χ3n) is 4.09. The molecule has 0 saturated heterocycles. The Balaban J connectivity index is 2.32. The van der Waals surface area contributed by atoms with Crippen molar-refractivity contribution in [3.05, 3.63) is 59.2 Å². The van der Waals surface area contributed by atoms with Crippen LogP contribution in [0.2, 0.25) is 0 Å². The molecule has 1 unspecified atom stereocenters. The van der Waals surface area contributed by atoms with Crippen molar-refractivity contribution in [2.24, 2.45) is 0 Å². The van der Waals surface area contributed by atoms with Gasteiger partial charge in [-0.15, -0.1) is 0 Å². The van der Waals surface area contributed by atoms with Gasteiger partial charge in [-0.05, 0) is 62.2 Å². The van der Waals surface area contributed by atoms with Crippen molar-refractivity contribution < 1.29 is 23.1 Å². The number of nitrogens with one attached hydrogen (secondary N) is 1. The van der Waals surface area contributed by atoms with Crippen LogP contribution in [0.5, 0.6) is 0 Å². The molecular weight excluding hydrogens is 368 g/mol. The predicted molar refractivity (Wildman–Crippen MR) is 105 cm³/mol. The van der Waals surface area contributed by atoms with Gasteiger partial charge in [0, 0.05) is 5.69 Å². The first-order chi connectivity index (χ1) is 12.5. The van der Waals surface area contributed by atoms with Crippen molar-refractivity contribution in [3.8, 4) is 0 Å². The van der Waals surface area contributed by atoms with E-state index in [1.807, 2.05) is 13.0 Å². The molecule has 0 fully saturated rings. The minimum absolute atomic E-state index is 0.0918. The molecule has 2 aromatic rings. The topological polar surface area (TPSA) is 104 Å². The highest BCUT2D eigenvalue weighted by atomic mass is 32.2. The molecule has 2 N–H and O–H groups in total. The quantitative estimate of drug-likeness (QED) is 0.789. The molecule has 0 heterocycles. The van der Waals surface area contributed by atoms with E-state index in [0.29, 0.717) is 11.4 Å². The zero-order valence-corrected chi connectivity index (χ0v) is 16.4. The first-order valence-electron chi connectivity index (χ1n) is 8.21. The fourth-order valence-electron chi connectivity index (χ4n) is 2.68. The number of rotatable bonds is 6. The average Bonchev–Trinajstić information content (AvgIpc) is 2.57. The number of carbonyl (C=O) groups is 2. The van der Waals surface area contributed by atoms with Gasteiger partial charge in [0.15, 0.2) is 0 Å². The normalized spacial score (nSPS) is 12.3. The lowest BCUT2D eigenvalue weighted by atomic mass is 10.1. The third-order valence-corrected chi connectivity index (χ3v) is 5.32. The molecule has 0 aliphatic heterocycles. The van der Waals surface area contributed by atoms with Crippen LogP contribution in [0.25, 0.3) is 0 Å². The number of anilines is 2. The smallest absolute Gasteiger partial charge is 0.335 e. The summed E-state index contributed by atoms with van der Waals surface area (Å²) in [7, 11) is -3.72. The molecule has 2 rings (SSSR count). The number of carboxylic acid groups (broad SMARTS) is 1. The number of sulfonamides is 1. The molecule has 0 spiro atoms. The van der Waals surface area contributed by atoms with Crippen LogP contribution in [0.4, 0.5) is 11.4 Å². The maximum Gasteiger partial charge on any atom is 0.335 e. The lowest BCUT2D eigenvalue weighted by molar-refractivity contribution is -0.116. The van der Waals surface area contributed by atoms with E-state index in [9.17, 15) is 18.0 Å². The lowest BCUT2D eigenvalue weighted by Gasteiger charge is -2.29. The number of nitrogens with zero attached hydrogens (tertiary/aromatic N) is 1. The van der Waals surface area contributed by atoms with Gasteiger partial charge < -0.3 is 10.4 Å². The standard InChI is InChI=1S/C19H22N2O5S/c1-12-5-6-13(2)17(11-12)21(27(4,25)26)14(3)18(22)20-16-9-7-15(8-10-16)19(23)24/h5-11,14H,1-4H3,(H,20,22)(H,23,24). The van der Waals surface area contributed by atoms with Crippen LogP contribution < -0.4 is 9.62 Å². The molecule has 2 aromatic carbocycles. The zero-order valence-electron chi connectivity index (χ0n) is 15.6. The van der Waals surface area contributed by atoms with Crippen molar-refractivity contribution in [2.75, 3.05) is 15.9 Å². The summed E-state index contributed by atoms with van der Waals surface area (Å²) >= 11 is 0. The van der Waals surface area contributed by atoms with Crippen molar-refractivity contribution in [1.29, 1.82) is 0 Å². The van der Waals surface area contributed by atoms with Crippen LogP contribution in [0.1, 0.15) is 28.4 Å². The fourth-order valence-corrected chi connectivity index (χ4v) is 3.90. The highest BCUT2D eigenvalue weighted by Crippen LogP contribution is 2.26. The number of aryl methyl sites for hydroxylation is 2. The first-order valence-corrected chi connectivity index (χ1v) is 10.1. The Kier molecular flexibility index (Phi) is 5.90. The Bertz CT molecular complexity index is 968. The molecule has 0 aliphatic carbocycles. The van der Waals surface area contributed by atoms with Crippen LogP contribution >= 0.6 is 0 Å². The third kappa shape index (κ3) is 4.85. The molecule has 0 bridgehead atoms. The van der Waals surface area contributed by atoms with E-state index in [1.54, 1.807) is 19.1 Å². The number of carbonyl (C=O) groups excluding carboxylic acids is 1. The number of aromatic carboxylic acids is 1. The molecule has 8 heteroatoms. The number of carboxylic acids is 1. The molecule has 144 valence electrons. The van der Waals surface area contributed by atoms with Gasteiger partial charge in [0.25, 0.3) is 0 Å². The minimum atomic E-state index is -3.72. The summed E-state index contributed by atoms with van der Waals surface area (Å²) in [5.74, 6) is -1.59. The Hall–Kier alpha value is -2.87. The van der Waals surface area contributed by atoms with Gasteiger partial charge in [-0.3, -0.25) is 9.10 Å². The van der Waals surface area contributed by atoms with Crippen LogP contribution in [-0.2, 0) is 14.8 Å². The van der Waals surface area contributed by atoms with Crippen molar-refractivity contribution >= 4 is 33.3 Å². The fraction of sp³-hybridized carbons (Fsp3) is 0.263. The molecule has 0 aromatic heterocycles.